The number of rotatable bonds is 12. The molecular formula is C23H28FN3OS. The van der Waals surface area contributed by atoms with Gasteiger partial charge in [-0.3, -0.25) is 0 Å². The lowest BCUT2D eigenvalue weighted by molar-refractivity contribution is 0.289. The second-order valence-electron chi connectivity index (χ2n) is 7.10. The number of hydrogen-bond acceptors (Lipinski definition) is 5. The zero-order valence-electron chi connectivity index (χ0n) is 16.9. The van der Waals surface area contributed by atoms with Gasteiger partial charge in [-0.2, -0.15) is 13.7 Å². The molecule has 0 aliphatic heterocycles. The van der Waals surface area contributed by atoms with Crippen LogP contribution >= 0.6 is 11.5 Å². The highest BCUT2D eigenvalue weighted by atomic mass is 32.1. The van der Waals surface area contributed by atoms with Crippen LogP contribution in [0.5, 0.6) is 5.88 Å². The lowest BCUT2D eigenvalue weighted by Crippen LogP contribution is -2.01. The van der Waals surface area contributed by atoms with E-state index in [1.165, 1.54) is 50.1 Å². The fraction of sp³-hybridized carbons (Fsp3) is 0.435. The van der Waals surface area contributed by atoms with Gasteiger partial charge >= 0.3 is 0 Å². The Morgan fingerprint density at radius 2 is 1.59 bits per heavy atom. The Labute approximate surface area is 176 Å². The molecule has 0 saturated heterocycles. The van der Waals surface area contributed by atoms with Crippen molar-refractivity contribution >= 4 is 11.5 Å². The number of benzene rings is 1. The van der Waals surface area contributed by atoms with Gasteiger partial charge in [-0.05, 0) is 24.0 Å². The monoisotopic (exact) mass is 413 g/mol. The SMILES string of the molecule is CCCCCCCCCCOc1ccc(-c2nsc(-c3ccccc3)n2)c(F)n1. The second-order valence-corrected chi connectivity index (χ2v) is 7.85. The molecule has 0 N–H and O–H groups in total. The van der Waals surface area contributed by atoms with Crippen LogP contribution in [0.1, 0.15) is 58.3 Å². The molecule has 0 aliphatic rings. The summed E-state index contributed by atoms with van der Waals surface area (Å²) in [5.41, 5.74) is 1.26. The Morgan fingerprint density at radius 1 is 0.862 bits per heavy atom. The normalized spacial score (nSPS) is 11.0. The van der Waals surface area contributed by atoms with Crippen molar-refractivity contribution < 1.29 is 9.13 Å². The van der Waals surface area contributed by atoms with Crippen molar-refractivity contribution in [2.24, 2.45) is 0 Å². The van der Waals surface area contributed by atoms with Crippen LogP contribution in [-0.2, 0) is 0 Å². The lowest BCUT2D eigenvalue weighted by Gasteiger charge is -2.06. The second kappa shape index (κ2) is 11.6. The van der Waals surface area contributed by atoms with Crippen molar-refractivity contribution in [3.05, 3.63) is 48.4 Å². The molecule has 0 unspecified atom stereocenters. The first-order chi connectivity index (χ1) is 14.3. The summed E-state index contributed by atoms with van der Waals surface area (Å²) < 4.78 is 24.4. The van der Waals surface area contributed by atoms with Gasteiger partial charge in [0.25, 0.3) is 0 Å². The smallest absolute Gasteiger partial charge is 0.227 e. The number of hydrogen-bond donors (Lipinski definition) is 0. The summed E-state index contributed by atoms with van der Waals surface area (Å²) >= 11 is 1.25. The summed E-state index contributed by atoms with van der Waals surface area (Å²) in [7, 11) is 0. The summed E-state index contributed by atoms with van der Waals surface area (Å²) in [4.78, 5) is 8.39. The van der Waals surface area contributed by atoms with Crippen molar-refractivity contribution in [3.8, 4) is 27.8 Å². The molecule has 0 aliphatic carbocycles. The highest BCUT2D eigenvalue weighted by molar-refractivity contribution is 7.09. The summed E-state index contributed by atoms with van der Waals surface area (Å²) in [5, 5.41) is 0.759. The quantitative estimate of drug-likeness (QED) is 0.239. The summed E-state index contributed by atoms with van der Waals surface area (Å²) in [6, 6.07) is 13.1. The Balaban J connectivity index is 1.46. The average molecular weight is 414 g/mol. The summed E-state index contributed by atoms with van der Waals surface area (Å²) in [6.45, 7) is 2.80. The average Bonchev–Trinajstić information content (AvgIpc) is 3.23. The Bertz CT molecular complexity index is 870. The van der Waals surface area contributed by atoms with Crippen molar-refractivity contribution in [2.75, 3.05) is 6.61 Å². The van der Waals surface area contributed by atoms with Gasteiger partial charge < -0.3 is 4.74 Å². The molecule has 29 heavy (non-hydrogen) atoms. The fourth-order valence-corrected chi connectivity index (χ4v) is 3.79. The first-order valence-electron chi connectivity index (χ1n) is 10.5. The molecule has 3 rings (SSSR count). The molecular weight excluding hydrogens is 385 g/mol. The Kier molecular flexibility index (Phi) is 8.56. The minimum atomic E-state index is -0.601. The molecule has 2 aromatic heterocycles. The first-order valence-corrected chi connectivity index (χ1v) is 11.2. The third kappa shape index (κ3) is 6.60. The molecule has 0 atom stereocenters. The number of pyridine rings is 1. The topological polar surface area (TPSA) is 47.9 Å². The van der Waals surface area contributed by atoms with E-state index in [4.69, 9.17) is 4.74 Å². The van der Waals surface area contributed by atoms with Crippen LogP contribution in [0.4, 0.5) is 4.39 Å². The number of halogens is 1. The van der Waals surface area contributed by atoms with Crippen LogP contribution in [0, 0.1) is 5.95 Å². The minimum absolute atomic E-state index is 0.294. The van der Waals surface area contributed by atoms with Gasteiger partial charge in [-0.25, -0.2) is 4.98 Å². The van der Waals surface area contributed by atoms with E-state index >= 15 is 0 Å². The van der Waals surface area contributed by atoms with Gasteiger partial charge in [-0.15, -0.1) is 0 Å². The number of ether oxygens (including phenoxy) is 1. The van der Waals surface area contributed by atoms with E-state index in [1.807, 2.05) is 30.3 Å². The molecule has 0 radical (unpaired) electrons. The van der Waals surface area contributed by atoms with E-state index in [1.54, 1.807) is 12.1 Å². The van der Waals surface area contributed by atoms with Crippen LogP contribution in [0.25, 0.3) is 22.0 Å². The van der Waals surface area contributed by atoms with Gasteiger partial charge in [0.15, 0.2) is 5.82 Å². The van der Waals surface area contributed by atoms with Crippen LogP contribution in [-0.4, -0.2) is 20.9 Å². The summed E-state index contributed by atoms with van der Waals surface area (Å²) in [5.74, 6) is 0.0667. The van der Waals surface area contributed by atoms with Crippen LogP contribution in [0.2, 0.25) is 0 Å². The Hall–Kier alpha value is -2.34. The van der Waals surface area contributed by atoms with Crippen LogP contribution in [0.3, 0.4) is 0 Å². The van der Waals surface area contributed by atoms with Crippen LogP contribution < -0.4 is 4.74 Å². The molecule has 0 bridgehead atoms. The number of aromatic nitrogens is 3. The van der Waals surface area contributed by atoms with E-state index in [2.05, 4.69) is 21.3 Å². The third-order valence-electron chi connectivity index (χ3n) is 4.76. The largest absolute Gasteiger partial charge is 0.478 e. The van der Waals surface area contributed by atoms with Crippen LogP contribution in [0.15, 0.2) is 42.5 Å². The van der Waals surface area contributed by atoms with Crippen molar-refractivity contribution in [3.63, 3.8) is 0 Å². The molecule has 0 amide bonds. The van der Waals surface area contributed by atoms with E-state index in [0.717, 1.165) is 23.4 Å². The number of nitrogens with zero attached hydrogens (tertiary/aromatic N) is 3. The molecule has 6 heteroatoms. The predicted octanol–water partition coefficient (Wildman–Crippen LogP) is 6.93. The molecule has 3 aromatic rings. The maximum Gasteiger partial charge on any atom is 0.227 e. The summed E-state index contributed by atoms with van der Waals surface area (Å²) in [6.07, 6.45) is 9.89. The number of unbranched alkanes of at least 4 members (excludes halogenated alkanes) is 7. The fourth-order valence-electron chi connectivity index (χ4n) is 3.11. The molecule has 1 aromatic carbocycles. The third-order valence-corrected chi connectivity index (χ3v) is 5.52. The van der Waals surface area contributed by atoms with Gasteiger partial charge in [0.2, 0.25) is 11.8 Å². The van der Waals surface area contributed by atoms with Gasteiger partial charge in [-0.1, -0.05) is 82.2 Å². The van der Waals surface area contributed by atoms with Crippen molar-refractivity contribution in [1.29, 1.82) is 0 Å². The molecule has 2 heterocycles. The zero-order chi connectivity index (χ0) is 20.3. The molecule has 154 valence electrons. The molecule has 0 spiro atoms. The van der Waals surface area contributed by atoms with Gasteiger partial charge in [0, 0.05) is 11.6 Å². The molecule has 0 fully saturated rings. The maximum atomic E-state index is 14.5. The first kappa shape index (κ1) is 21.4. The van der Waals surface area contributed by atoms with Crippen molar-refractivity contribution in [2.45, 2.75) is 58.3 Å². The predicted molar refractivity (Wildman–Crippen MR) is 117 cm³/mol. The Morgan fingerprint density at radius 3 is 2.31 bits per heavy atom. The van der Waals surface area contributed by atoms with Gasteiger partial charge in [0.05, 0.1) is 12.2 Å². The molecule has 0 saturated carbocycles. The van der Waals surface area contributed by atoms with E-state index in [9.17, 15) is 4.39 Å². The maximum absolute atomic E-state index is 14.5. The van der Waals surface area contributed by atoms with Gasteiger partial charge in [0.1, 0.15) is 5.01 Å². The highest BCUT2D eigenvalue weighted by Gasteiger charge is 2.14. The van der Waals surface area contributed by atoms with E-state index in [-0.39, 0.29) is 0 Å². The minimum Gasteiger partial charge on any atom is -0.478 e. The standard InChI is InChI=1S/C23H28FN3OS/c1-2-3-4-5-6-7-8-12-17-28-20-16-15-19(21(24)25-20)22-26-23(29-27-22)18-13-10-9-11-14-18/h9-11,13-16H,2-8,12,17H2,1H3. The zero-order valence-corrected chi connectivity index (χ0v) is 17.8. The van der Waals surface area contributed by atoms with E-state index in [0.29, 0.717) is 23.9 Å². The highest BCUT2D eigenvalue weighted by Crippen LogP contribution is 2.27. The lowest BCUT2D eigenvalue weighted by atomic mass is 10.1. The van der Waals surface area contributed by atoms with E-state index < -0.39 is 5.95 Å². The molecule has 4 nitrogen and oxygen atoms in total. The van der Waals surface area contributed by atoms with Crippen molar-refractivity contribution in [1.82, 2.24) is 14.3 Å².